The summed E-state index contributed by atoms with van der Waals surface area (Å²) in [4.78, 5) is 24.4. The van der Waals surface area contributed by atoms with Crippen LogP contribution in [0.5, 0.6) is 5.75 Å². The number of rotatable bonds is 6. The third kappa shape index (κ3) is 5.64. The maximum absolute atomic E-state index is 13.0. The van der Waals surface area contributed by atoms with Gasteiger partial charge in [0.05, 0.1) is 0 Å². The number of nitrogens with one attached hydrogen (secondary N) is 1. The van der Waals surface area contributed by atoms with Gasteiger partial charge < -0.3 is 10.1 Å². The van der Waals surface area contributed by atoms with E-state index in [1.807, 2.05) is 0 Å². The van der Waals surface area contributed by atoms with Crippen LogP contribution in [0, 0.1) is 5.82 Å². The van der Waals surface area contributed by atoms with Crippen LogP contribution in [-0.2, 0) is 4.79 Å². The molecule has 0 saturated heterocycles. The third-order valence-corrected chi connectivity index (χ3v) is 4.81. The SMILES string of the molecule is O=C(COc1ccc(C(=O)c2ccc(F)cc2)cc1)NC1CCCCCC1. The molecular formula is C22H24FNO3. The first-order valence-electron chi connectivity index (χ1n) is 9.44. The van der Waals surface area contributed by atoms with Crippen LogP contribution < -0.4 is 10.1 Å². The van der Waals surface area contributed by atoms with Crippen molar-refractivity contribution in [3.05, 3.63) is 65.5 Å². The van der Waals surface area contributed by atoms with Gasteiger partial charge >= 0.3 is 0 Å². The number of amides is 1. The minimum Gasteiger partial charge on any atom is -0.484 e. The molecule has 0 bridgehead atoms. The maximum Gasteiger partial charge on any atom is 0.258 e. The lowest BCUT2D eigenvalue weighted by Crippen LogP contribution is -2.37. The fraction of sp³-hybridized carbons (Fsp3) is 0.364. The van der Waals surface area contributed by atoms with Crippen molar-refractivity contribution in [1.29, 1.82) is 0 Å². The van der Waals surface area contributed by atoms with Crippen LogP contribution in [0.2, 0.25) is 0 Å². The number of carbonyl (C=O) groups is 2. The van der Waals surface area contributed by atoms with Crippen LogP contribution in [0.15, 0.2) is 48.5 Å². The van der Waals surface area contributed by atoms with E-state index in [0.717, 1.165) is 25.7 Å². The van der Waals surface area contributed by atoms with Crippen LogP contribution in [0.3, 0.4) is 0 Å². The lowest BCUT2D eigenvalue weighted by molar-refractivity contribution is -0.123. The molecule has 0 aromatic heterocycles. The van der Waals surface area contributed by atoms with Gasteiger partial charge in [0.25, 0.3) is 5.91 Å². The summed E-state index contributed by atoms with van der Waals surface area (Å²) in [6.07, 6.45) is 6.88. The molecule has 0 atom stereocenters. The monoisotopic (exact) mass is 369 g/mol. The third-order valence-electron chi connectivity index (χ3n) is 4.81. The van der Waals surface area contributed by atoms with Crippen LogP contribution in [-0.4, -0.2) is 24.3 Å². The first-order chi connectivity index (χ1) is 13.1. The van der Waals surface area contributed by atoms with Gasteiger partial charge in [-0.15, -0.1) is 0 Å². The number of halogens is 1. The molecule has 0 spiro atoms. The molecule has 1 N–H and O–H groups in total. The second-order valence-electron chi connectivity index (χ2n) is 6.91. The smallest absolute Gasteiger partial charge is 0.258 e. The molecule has 1 aliphatic carbocycles. The summed E-state index contributed by atoms with van der Waals surface area (Å²) in [5.74, 6) is -0.153. The minimum atomic E-state index is -0.377. The van der Waals surface area contributed by atoms with Crippen molar-refractivity contribution in [2.45, 2.75) is 44.6 Å². The predicted octanol–water partition coefficient (Wildman–Crippen LogP) is 4.27. The minimum absolute atomic E-state index is 0.0399. The normalized spacial score (nSPS) is 15.0. The van der Waals surface area contributed by atoms with Crippen molar-refractivity contribution in [2.75, 3.05) is 6.61 Å². The molecule has 2 aromatic carbocycles. The molecule has 142 valence electrons. The maximum atomic E-state index is 13.0. The highest BCUT2D eigenvalue weighted by atomic mass is 19.1. The highest BCUT2D eigenvalue weighted by Gasteiger charge is 2.15. The van der Waals surface area contributed by atoms with Crippen LogP contribution >= 0.6 is 0 Å². The van der Waals surface area contributed by atoms with E-state index in [-0.39, 0.29) is 30.2 Å². The van der Waals surface area contributed by atoms with Crippen molar-refractivity contribution >= 4 is 11.7 Å². The summed E-state index contributed by atoms with van der Waals surface area (Å²) < 4.78 is 18.5. The van der Waals surface area contributed by atoms with Gasteiger partial charge in [0, 0.05) is 17.2 Å². The average Bonchev–Trinajstić information content (AvgIpc) is 2.95. The lowest BCUT2D eigenvalue weighted by atomic mass is 10.0. The number of carbonyl (C=O) groups excluding carboxylic acids is 2. The molecule has 1 fully saturated rings. The quantitative estimate of drug-likeness (QED) is 0.611. The zero-order valence-corrected chi connectivity index (χ0v) is 15.2. The molecule has 0 unspecified atom stereocenters. The summed E-state index contributed by atoms with van der Waals surface area (Å²) in [7, 11) is 0. The van der Waals surface area contributed by atoms with Gasteiger partial charge in [-0.1, -0.05) is 25.7 Å². The summed E-state index contributed by atoms with van der Waals surface area (Å²) in [6.45, 7) is -0.0399. The highest BCUT2D eigenvalue weighted by Crippen LogP contribution is 2.18. The van der Waals surface area contributed by atoms with Gasteiger partial charge in [-0.3, -0.25) is 9.59 Å². The second kappa shape index (κ2) is 9.31. The number of hydrogen-bond donors (Lipinski definition) is 1. The fourth-order valence-corrected chi connectivity index (χ4v) is 3.31. The van der Waals surface area contributed by atoms with Crippen molar-refractivity contribution < 1.29 is 18.7 Å². The molecule has 1 amide bonds. The Morgan fingerprint density at radius 3 is 2.04 bits per heavy atom. The van der Waals surface area contributed by atoms with Crippen molar-refractivity contribution in [2.24, 2.45) is 0 Å². The lowest BCUT2D eigenvalue weighted by Gasteiger charge is -2.16. The topological polar surface area (TPSA) is 55.4 Å². The number of ketones is 1. The number of ether oxygens (including phenoxy) is 1. The summed E-state index contributed by atoms with van der Waals surface area (Å²) in [6, 6.07) is 12.3. The highest BCUT2D eigenvalue weighted by molar-refractivity contribution is 6.09. The molecule has 2 aromatic rings. The molecule has 1 saturated carbocycles. The first-order valence-corrected chi connectivity index (χ1v) is 9.44. The van der Waals surface area contributed by atoms with Crippen LogP contribution in [0.25, 0.3) is 0 Å². The van der Waals surface area contributed by atoms with Gasteiger partial charge in [-0.25, -0.2) is 4.39 Å². The van der Waals surface area contributed by atoms with Crippen molar-refractivity contribution in [3.63, 3.8) is 0 Å². The molecule has 27 heavy (non-hydrogen) atoms. The van der Waals surface area contributed by atoms with Gasteiger partial charge in [0.1, 0.15) is 11.6 Å². The van der Waals surface area contributed by atoms with E-state index >= 15 is 0 Å². The molecule has 3 rings (SSSR count). The van der Waals surface area contributed by atoms with E-state index in [4.69, 9.17) is 4.74 Å². The predicted molar refractivity (Wildman–Crippen MR) is 101 cm³/mol. The summed E-state index contributed by atoms with van der Waals surface area (Å²) >= 11 is 0. The second-order valence-corrected chi connectivity index (χ2v) is 6.91. The van der Waals surface area contributed by atoms with E-state index in [9.17, 15) is 14.0 Å². The van der Waals surface area contributed by atoms with E-state index in [1.54, 1.807) is 24.3 Å². The van der Waals surface area contributed by atoms with E-state index < -0.39 is 0 Å². The molecule has 4 nitrogen and oxygen atoms in total. The van der Waals surface area contributed by atoms with E-state index in [0.29, 0.717) is 16.9 Å². The van der Waals surface area contributed by atoms with Crippen LogP contribution in [0.1, 0.15) is 54.4 Å². The Bertz CT molecular complexity index is 763. The molecule has 5 heteroatoms. The Morgan fingerprint density at radius 2 is 1.44 bits per heavy atom. The Kier molecular flexibility index (Phi) is 6.58. The van der Waals surface area contributed by atoms with Crippen molar-refractivity contribution in [1.82, 2.24) is 5.32 Å². The molecule has 1 aliphatic rings. The van der Waals surface area contributed by atoms with Crippen molar-refractivity contribution in [3.8, 4) is 5.75 Å². The number of benzene rings is 2. The zero-order chi connectivity index (χ0) is 19.1. The average molecular weight is 369 g/mol. The largest absolute Gasteiger partial charge is 0.484 e. The standard InChI is InChI=1S/C22H24FNO3/c23-18-11-7-16(8-12-18)22(26)17-9-13-20(14-10-17)27-15-21(25)24-19-5-3-1-2-4-6-19/h7-14,19H,1-6,15H2,(H,24,25). The Balaban J connectivity index is 1.50. The molecule has 0 radical (unpaired) electrons. The molecule has 0 heterocycles. The molecular weight excluding hydrogens is 345 g/mol. The van der Waals surface area contributed by atoms with Gasteiger partial charge in [-0.2, -0.15) is 0 Å². The Labute approximate surface area is 158 Å². The number of hydrogen-bond acceptors (Lipinski definition) is 3. The zero-order valence-electron chi connectivity index (χ0n) is 15.2. The summed E-state index contributed by atoms with van der Waals surface area (Å²) in [5, 5.41) is 3.04. The van der Waals surface area contributed by atoms with Gasteiger partial charge in [0.2, 0.25) is 0 Å². The van der Waals surface area contributed by atoms with Crippen LogP contribution in [0.4, 0.5) is 4.39 Å². The van der Waals surface area contributed by atoms with E-state index in [1.165, 1.54) is 37.1 Å². The van der Waals surface area contributed by atoms with E-state index in [2.05, 4.69) is 5.32 Å². The Morgan fingerprint density at radius 1 is 0.889 bits per heavy atom. The molecule has 0 aliphatic heterocycles. The van der Waals surface area contributed by atoms with Gasteiger partial charge in [-0.05, 0) is 61.4 Å². The summed E-state index contributed by atoms with van der Waals surface area (Å²) in [5.41, 5.74) is 0.907. The Hall–Kier alpha value is -2.69. The first kappa shape index (κ1) is 19.1. The fourth-order valence-electron chi connectivity index (χ4n) is 3.31. The van der Waals surface area contributed by atoms with Gasteiger partial charge in [0.15, 0.2) is 12.4 Å².